The van der Waals surface area contributed by atoms with Crippen molar-refractivity contribution in [1.82, 2.24) is 5.06 Å². The molecule has 0 atom stereocenters. The molecule has 0 aromatic heterocycles. The van der Waals surface area contributed by atoms with Crippen LogP contribution in [0.1, 0.15) is 0 Å². The summed E-state index contributed by atoms with van der Waals surface area (Å²) in [7, 11) is 2.66. The summed E-state index contributed by atoms with van der Waals surface area (Å²) >= 11 is 0. The SMILES string of the molecule is COC(=O)N(C)OCCO. The van der Waals surface area contributed by atoms with E-state index in [1.54, 1.807) is 0 Å². The summed E-state index contributed by atoms with van der Waals surface area (Å²) in [5, 5.41) is 9.18. The van der Waals surface area contributed by atoms with Crippen molar-refractivity contribution < 1.29 is 19.5 Å². The molecule has 0 saturated carbocycles. The Kier molecular flexibility index (Phi) is 4.61. The zero-order chi connectivity index (χ0) is 7.98. The topological polar surface area (TPSA) is 59.0 Å². The van der Waals surface area contributed by atoms with E-state index in [-0.39, 0.29) is 13.2 Å². The van der Waals surface area contributed by atoms with E-state index in [1.165, 1.54) is 14.2 Å². The van der Waals surface area contributed by atoms with E-state index in [4.69, 9.17) is 5.11 Å². The maximum atomic E-state index is 10.5. The van der Waals surface area contributed by atoms with Gasteiger partial charge in [-0.25, -0.2) is 4.79 Å². The van der Waals surface area contributed by atoms with Crippen molar-refractivity contribution in [3.8, 4) is 0 Å². The van der Waals surface area contributed by atoms with Gasteiger partial charge in [-0.1, -0.05) is 0 Å². The lowest BCUT2D eigenvalue weighted by molar-refractivity contribution is -0.124. The smallest absolute Gasteiger partial charge is 0.433 e. The molecule has 10 heavy (non-hydrogen) atoms. The van der Waals surface area contributed by atoms with Crippen LogP contribution in [-0.2, 0) is 9.57 Å². The first-order valence-corrected chi connectivity index (χ1v) is 2.77. The van der Waals surface area contributed by atoms with Gasteiger partial charge in [-0.05, 0) is 0 Å². The van der Waals surface area contributed by atoms with Gasteiger partial charge < -0.3 is 9.84 Å². The number of rotatable bonds is 3. The van der Waals surface area contributed by atoms with E-state index < -0.39 is 6.09 Å². The number of methoxy groups -OCH3 is 1. The normalized spacial score (nSPS) is 9.10. The number of aliphatic hydroxyl groups is 1. The maximum Gasteiger partial charge on any atom is 0.433 e. The van der Waals surface area contributed by atoms with E-state index in [2.05, 4.69) is 9.57 Å². The van der Waals surface area contributed by atoms with Gasteiger partial charge in [-0.3, -0.25) is 4.84 Å². The fourth-order valence-corrected chi connectivity index (χ4v) is 0.359. The number of hydrogen-bond donors (Lipinski definition) is 1. The second-order valence-corrected chi connectivity index (χ2v) is 1.52. The molecule has 1 N–H and O–H groups in total. The third-order valence-electron chi connectivity index (χ3n) is 0.808. The van der Waals surface area contributed by atoms with Gasteiger partial charge in [0.2, 0.25) is 0 Å². The Bertz CT molecular complexity index is 106. The van der Waals surface area contributed by atoms with E-state index >= 15 is 0 Å². The molecule has 0 aliphatic carbocycles. The first-order valence-electron chi connectivity index (χ1n) is 2.77. The van der Waals surface area contributed by atoms with Crippen LogP contribution in [-0.4, -0.2) is 43.6 Å². The summed E-state index contributed by atoms with van der Waals surface area (Å²) in [6.07, 6.45) is -0.589. The highest BCUT2D eigenvalue weighted by molar-refractivity contribution is 5.65. The molecule has 5 nitrogen and oxygen atoms in total. The minimum absolute atomic E-state index is 0.0889. The maximum absolute atomic E-state index is 10.5. The van der Waals surface area contributed by atoms with Crippen molar-refractivity contribution in [1.29, 1.82) is 0 Å². The molecular weight excluding hydrogens is 138 g/mol. The first kappa shape index (κ1) is 9.19. The molecule has 0 spiro atoms. The van der Waals surface area contributed by atoms with Crippen LogP contribution in [0.15, 0.2) is 0 Å². The van der Waals surface area contributed by atoms with Crippen molar-refractivity contribution in [2.75, 3.05) is 27.4 Å². The molecule has 0 bridgehead atoms. The second-order valence-electron chi connectivity index (χ2n) is 1.52. The predicted molar refractivity (Wildman–Crippen MR) is 33.2 cm³/mol. The molecule has 0 fully saturated rings. The molecule has 0 aromatic carbocycles. The number of ether oxygens (including phenoxy) is 1. The van der Waals surface area contributed by atoms with E-state index in [9.17, 15) is 4.79 Å². The average molecular weight is 149 g/mol. The molecule has 1 amide bonds. The number of hydroxylamine groups is 2. The van der Waals surface area contributed by atoms with Gasteiger partial charge in [-0.15, -0.1) is 0 Å². The molecule has 0 aromatic rings. The molecule has 0 radical (unpaired) electrons. The van der Waals surface area contributed by atoms with Gasteiger partial charge in [-0.2, -0.15) is 5.06 Å². The quantitative estimate of drug-likeness (QED) is 0.555. The van der Waals surface area contributed by atoms with Crippen molar-refractivity contribution in [2.45, 2.75) is 0 Å². The number of carbonyl (C=O) groups excluding carboxylic acids is 1. The van der Waals surface area contributed by atoms with Crippen LogP contribution in [0.3, 0.4) is 0 Å². The van der Waals surface area contributed by atoms with Gasteiger partial charge in [0.05, 0.1) is 20.3 Å². The standard InChI is InChI=1S/C5H11NO4/c1-6(5(8)9-2)10-4-3-7/h7H,3-4H2,1-2H3. The van der Waals surface area contributed by atoms with Gasteiger partial charge in [0.15, 0.2) is 0 Å². The Morgan fingerprint density at radius 1 is 1.70 bits per heavy atom. The van der Waals surface area contributed by atoms with Gasteiger partial charge in [0.25, 0.3) is 0 Å². The zero-order valence-electron chi connectivity index (χ0n) is 6.03. The van der Waals surface area contributed by atoms with Gasteiger partial charge in [0, 0.05) is 7.05 Å². The fourth-order valence-electron chi connectivity index (χ4n) is 0.359. The van der Waals surface area contributed by atoms with Gasteiger partial charge in [0.1, 0.15) is 0 Å². The third kappa shape index (κ3) is 3.26. The lowest BCUT2D eigenvalue weighted by atomic mass is 10.8. The van der Waals surface area contributed by atoms with Crippen LogP contribution >= 0.6 is 0 Å². The molecule has 0 unspecified atom stereocenters. The van der Waals surface area contributed by atoms with E-state index in [0.717, 1.165) is 5.06 Å². The Morgan fingerprint density at radius 2 is 2.30 bits per heavy atom. The van der Waals surface area contributed by atoms with Crippen molar-refractivity contribution >= 4 is 6.09 Å². The number of aliphatic hydroxyl groups excluding tert-OH is 1. The molecule has 0 rings (SSSR count). The molecule has 0 saturated heterocycles. The Balaban J connectivity index is 3.41. The molecule has 0 aliphatic heterocycles. The summed E-state index contributed by atoms with van der Waals surface area (Å²) in [6.45, 7) is -0.0348. The molecular formula is C5H11NO4. The molecule has 5 heteroatoms. The lowest BCUT2D eigenvalue weighted by Gasteiger charge is -2.13. The third-order valence-corrected chi connectivity index (χ3v) is 0.808. The van der Waals surface area contributed by atoms with Crippen LogP contribution in [0.2, 0.25) is 0 Å². The monoisotopic (exact) mass is 149 g/mol. The van der Waals surface area contributed by atoms with Crippen LogP contribution in [0.4, 0.5) is 4.79 Å². The number of nitrogens with zero attached hydrogens (tertiary/aromatic N) is 1. The van der Waals surface area contributed by atoms with Crippen LogP contribution in [0, 0.1) is 0 Å². The summed E-state index contributed by atoms with van der Waals surface area (Å²) in [5.41, 5.74) is 0. The minimum Gasteiger partial charge on any atom is -0.451 e. The Hall–Kier alpha value is -0.810. The Labute approximate surface area is 59.1 Å². The van der Waals surface area contributed by atoms with Crippen molar-refractivity contribution in [3.63, 3.8) is 0 Å². The average Bonchev–Trinajstić information content (AvgIpc) is 1.98. The van der Waals surface area contributed by atoms with E-state index in [1.807, 2.05) is 0 Å². The van der Waals surface area contributed by atoms with Crippen molar-refractivity contribution in [3.05, 3.63) is 0 Å². The summed E-state index contributed by atoms with van der Waals surface area (Å²) in [6, 6.07) is 0. The van der Waals surface area contributed by atoms with Crippen LogP contribution in [0.5, 0.6) is 0 Å². The highest BCUT2D eigenvalue weighted by Gasteiger charge is 2.06. The highest BCUT2D eigenvalue weighted by Crippen LogP contribution is 1.88. The molecule has 0 heterocycles. The van der Waals surface area contributed by atoms with Crippen LogP contribution < -0.4 is 0 Å². The summed E-state index contributed by atoms with van der Waals surface area (Å²) < 4.78 is 4.29. The largest absolute Gasteiger partial charge is 0.451 e. The van der Waals surface area contributed by atoms with Crippen molar-refractivity contribution in [2.24, 2.45) is 0 Å². The fraction of sp³-hybridized carbons (Fsp3) is 0.800. The predicted octanol–water partition coefficient (Wildman–Crippen LogP) is -0.392. The number of hydrogen-bond acceptors (Lipinski definition) is 4. The summed E-state index contributed by atoms with van der Waals surface area (Å²) in [5.74, 6) is 0. The lowest BCUT2D eigenvalue weighted by Crippen LogP contribution is -2.27. The van der Waals surface area contributed by atoms with Crippen LogP contribution in [0.25, 0.3) is 0 Å². The van der Waals surface area contributed by atoms with E-state index in [0.29, 0.717) is 0 Å². The minimum atomic E-state index is -0.589. The molecule has 0 aliphatic rings. The number of amides is 1. The molecule has 60 valence electrons. The Morgan fingerprint density at radius 3 is 2.70 bits per heavy atom. The summed E-state index contributed by atoms with van der Waals surface area (Å²) in [4.78, 5) is 15.2. The first-order chi connectivity index (χ1) is 4.72. The van der Waals surface area contributed by atoms with Gasteiger partial charge >= 0.3 is 6.09 Å². The highest BCUT2D eigenvalue weighted by atomic mass is 16.7. The number of carbonyl (C=O) groups is 1. The second kappa shape index (κ2) is 5.01. The zero-order valence-corrected chi connectivity index (χ0v) is 6.03.